The number of carbonyl (C=O) groups excluding carboxylic acids is 4. The molecule has 0 unspecified atom stereocenters. The highest BCUT2D eigenvalue weighted by atomic mass is 16.5. The van der Waals surface area contributed by atoms with E-state index in [1.165, 1.54) is 54.7 Å². The first kappa shape index (κ1) is 121. The summed E-state index contributed by atoms with van der Waals surface area (Å²) < 4.78 is 28.0. The SMILES string of the molecule is C.C.C.COC(=O)CCCCc1ccc(C)c(C=O)n1.COC(=O)CCCCc1ccc(C)c(CNC2(c3cnccc3-c3ccccc3OC3CC3)CC2)n1.Cc1ccc(CCCCC(=O)NC[C@H](O)[C@@H](O)[C@H](O)[C@H](O)CO)nc1CNC1(c2cnccc2-c2ccccc2OC2CC2)CC1.Cc1ccc(CCCCC(=O)O)nc1CNC1(c2cnccc2-c2ccccc2OC2CC2)CC1.[B][B]B([B])B(B([B])[B])B([B])[B]. The van der Waals surface area contributed by atoms with Gasteiger partial charge in [0.05, 0.1) is 62.3 Å². The van der Waals surface area contributed by atoms with Gasteiger partial charge in [0.15, 0.2) is 6.29 Å². The van der Waals surface area contributed by atoms with Crippen molar-refractivity contribution in [3.8, 4) is 50.6 Å². The number of aliphatic hydroxyl groups excluding tert-OH is 5. The molecule has 7 heterocycles. The normalized spacial score (nSPS) is 15.0. The molecular formula is C110H143B11N11O16. The number of carboxylic acids is 1. The minimum absolute atomic E-state index is 0. The second-order valence-electron chi connectivity index (χ2n) is 38.8. The Kier molecular flexibility index (Phi) is 48.6. The molecule has 0 saturated heterocycles. The summed E-state index contributed by atoms with van der Waals surface area (Å²) in [6.07, 6.45) is 28.5. The third-order valence-corrected chi connectivity index (χ3v) is 27.2. The van der Waals surface area contributed by atoms with Crippen LogP contribution in [0.4, 0.5) is 0 Å². The number of aliphatic carboxylic acids is 1. The van der Waals surface area contributed by atoms with Gasteiger partial charge in [0.25, 0.3) is 0 Å². The van der Waals surface area contributed by atoms with Crippen molar-refractivity contribution in [1.82, 2.24) is 56.2 Å². The molecule has 10 aromatic rings. The first-order valence-electron chi connectivity index (χ1n) is 50.9. The van der Waals surface area contributed by atoms with E-state index >= 15 is 0 Å². The topological polar surface area (TPSA) is 391 Å². The van der Waals surface area contributed by atoms with E-state index in [4.69, 9.17) is 90.5 Å². The van der Waals surface area contributed by atoms with E-state index in [0.717, 1.165) is 237 Å². The Balaban J connectivity index is 0.000000218. The minimum atomic E-state index is -1.73. The number of methoxy groups -OCH3 is 2. The monoisotopic (exact) mass is 2000 g/mol. The molecule has 0 spiro atoms. The van der Waals surface area contributed by atoms with E-state index in [9.17, 15) is 44.4 Å². The highest BCUT2D eigenvalue weighted by Crippen LogP contribution is 2.53. The van der Waals surface area contributed by atoms with E-state index in [1.54, 1.807) is 0 Å². The molecule has 0 aliphatic heterocycles. The third kappa shape index (κ3) is 36.4. The van der Waals surface area contributed by atoms with Crippen molar-refractivity contribution in [3.63, 3.8) is 0 Å². The number of hydrogen-bond acceptors (Lipinski definition) is 25. The van der Waals surface area contributed by atoms with Gasteiger partial charge in [0.1, 0.15) is 41.3 Å². The summed E-state index contributed by atoms with van der Waals surface area (Å²) in [5.41, 5.74) is 22.0. The van der Waals surface area contributed by atoms with Gasteiger partial charge in [-0.2, -0.15) is 0 Å². The molecule has 6 aliphatic rings. The molecule has 148 heavy (non-hydrogen) atoms. The first-order valence-corrected chi connectivity index (χ1v) is 50.9. The van der Waals surface area contributed by atoms with Gasteiger partial charge in [-0.25, -0.2) is 4.98 Å². The number of aldehydes is 1. The number of para-hydroxylation sites is 3. The van der Waals surface area contributed by atoms with Gasteiger partial charge in [-0.05, 0) is 298 Å². The Morgan fingerprint density at radius 2 is 0.764 bits per heavy atom. The summed E-state index contributed by atoms with van der Waals surface area (Å²) in [5.74, 6) is 1.46. The lowest BCUT2D eigenvalue weighted by Gasteiger charge is -2.25. The van der Waals surface area contributed by atoms with Crippen LogP contribution >= 0.6 is 0 Å². The Morgan fingerprint density at radius 1 is 0.439 bits per heavy atom. The largest absolute Gasteiger partial charge is 0.490 e. The zero-order chi connectivity index (χ0) is 104. The number of amides is 1. The van der Waals surface area contributed by atoms with Crippen molar-refractivity contribution in [3.05, 3.63) is 261 Å². The molecule has 1 amide bonds. The number of unbranched alkanes of at least 4 members (excludes halogenated alkanes) is 4. The van der Waals surface area contributed by atoms with Crippen LogP contribution in [-0.4, -0.2) is 245 Å². The van der Waals surface area contributed by atoms with E-state index in [0.29, 0.717) is 75.7 Å². The summed E-state index contributed by atoms with van der Waals surface area (Å²) in [4.78, 5) is 88.5. The minimum Gasteiger partial charge on any atom is -0.490 e. The van der Waals surface area contributed by atoms with E-state index in [2.05, 4.69) is 164 Å². The van der Waals surface area contributed by atoms with Crippen LogP contribution in [-0.2, 0) is 90.6 Å². The van der Waals surface area contributed by atoms with Crippen LogP contribution in [0.5, 0.6) is 17.2 Å². The summed E-state index contributed by atoms with van der Waals surface area (Å²) >= 11 is 0. The summed E-state index contributed by atoms with van der Waals surface area (Å²) in [6.45, 7) is 9.10. The van der Waals surface area contributed by atoms with Crippen molar-refractivity contribution >= 4 is 109 Å². The molecule has 16 rings (SSSR count). The fourth-order valence-electron chi connectivity index (χ4n) is 17.3. The van der Waals surface area contributed by atoms with Crippen LogP contribution in [0, 0.1) is 27.7 Å². The van der Waals surface area contributed by atoms with Crippen molar-refractivity contribution in [1.29, 1.82) is 0 Å². The average Bonchev–Trinajstić information content (AvgIpc) is 1.60. The lowest BCUT2D eigenvalue weighted by Crippen LogP contribution is -2.63. The van der Waals surface area contributed by atoms with Crippen molar-refractivity contribution in [2.75, 3.05) is 27.4 Å². The predicted molar refractivity (Wildman–Crippen MR) is 594 cm³/mol. The molecule has 7 aromatic heterocycles. The maximum absolute atomic E-state index is 12.2. The molecule has 10 N–H and O–H groups in total. The fraction of sp³-hybridized carbons (Fsp3) is 0.473. The number of nitrogens with one attached hydrogen (secondary N) is 4. The van der Waals surface area contributed by atoms with Crippen LogP contribution in [0.3, 0.4) is 0 Å². The average molecular weight is 1990 g/mol. The molecule has 13 radical (unpaired) electrons. The second kappa shape index (κ2) is 59.6. The summed E-state index contributed by atoms with van der Waals surface area (Å²) in [5, 5.41) is 70.7. The van der Waals surface area contributed by atoms with Crippen LogP contribution in [0.15, 0.2) is 177 Å². The van der Waals surface area contributed by atoms with Gasteiger partial charge < -0.3 is 75.6 Å². The number of carboxylic acid groups (broad SMARTS) is 1. The lowest BCUT2D eigenvalue weighted by molar-refractivity contribution is -0.141. The fourth-order valence-corrected chi connectivity index (χ4v) is 17.3. The van der Waals surface area contributed by atoms with Crippen LogP contribution < -0.4 is 35.5 Å². The number of aryl methyl sites for hydroxylation is 8. The summed E-state index contributed by atoms with van der Waals surface area (Å²) in [7, 11) is 36.3. The van der Waals surface area contributed by atoms with Crippen LogP contribution in [0.2, 0.25) is 0 Å². The molecular weight excluding hydrogens is 1850 g/mol. The molecule has 0 bridgehead atoms. The van der Waals surface area contributed by atoms with Crippen LogP contribution in [0.25, 0.3) is 33.4 Å². The Morgan fingerprint density at radius 3 is 1.07 bits per heavy atom. The zero-order valence-electron chi connectivity index (χ0n) is 84.4. The van der Waals surface area contributed by atoms with Gasteiger partial charge in [0, 0.05) is 224 Å². The maximum Gasteiger partial charge on any atom is 0.305 e. The van der Waals surface area contributed by atoms with Crippen molar-refractivity contribution in [2.24, 2.45) is 0 Å². The van der Waals surface area contributed by atoms with E-state index in [1.807, 2.05) is 86.6 Å². The smallest absolute Gasteiger partial charge is 0.305 e. The van der Waals surface area contributed by atoms with E-state index < -0.39 is 56.1 Å². The molecule has 3 aromatic carbocycles. The Bertz CT molecular complexity index is 5880. The highest BCUT2D eigenvalue weighted by Gasteiger charge is 2.49. The number of nitrogens with zero attached hydrogens (tertiary/aromatic N) is 7. The molecule has 6 fully saturated rings. The van der Waals surface area contributed by atoms with Gasteiger partial charge in [-0.15, -0.1) is 0 Å². The number of rotatable bonds is 52. The van der Waals surface area contributed by atoms with E-state index in [-0.39, 0.29) is 82.5 Å². The first-order chi connectivity index (χ1) is 70.0. The highest BCUT2D eigenvalue weighted by molar-refractivity contribution is 8.02. The van der Waals surface area contributed by atoms with Crippen LogP contribution in [0.1, 0.15) is 266 Å². The Hall–Kier alpha value is -10.9. The van der Waals surface area contributed by atoms with Gasteiger partial charge >= 0.3 is 17.9 Å². The molecule has 38 heteroatoms. The maximum atomic E-state index is 12.2. The van der Waals surface area contributed by atoms with Gasteiger partial charge in [-0.1, -0.05) is 101 Å². The Labute approximate surface area is 886 Å². The molecule has 27 nitrogen and oxygen atoms in total. The molecule has 767 valence electrons. The number of benzene rings is 3. The zero-order valence-corrected chi connectivity index (χ0v) is 84.4. The molecule has 6 aliphatic carbocycles. The van der Waals surface area contributed by atoms with Gasteiger partial charge in [0.2, 0.25) is 5.91 Å². The van der Waals surface area contributed by atoms with Crippen molar-refractivity contribution in [2.45, 2.75) is 309 Å². The quantitative estimate of drug-likeness (QED) is 0.00732. The number of aromatic nitrogens is 7. The number of hydrogen-bond donors (Lipinski definition) is 10. The standard InChI is InChI=1S/C35H46N4O7.C30H35N3O3.C29H33N3O3.C13H17NO3.3CH4.B11/c1-22-10-11-23(6-2-5-9-32(43)37-20-29(41)33(44)34(45)30(42)21-40)39-28(22)19-38-35(15-16-35)27-18-36-17-14-25(27)26-7-3-4-8-31(26)46-24-12-13-24;1-21-11-12-22(7-3-6-10-29(34)35-2)33-27(21)20-32-30(16-17-30)26-19-31-18-15-24(26)25-8-4-5-9-28(25)36-23-13-14-23;1-20-10-11-21(6-2-5-9-28(33)34)32-26(20)19-31-29(15-16-29)25-18-30-17-14-23(25)24-7-3-4-8-27(24)35-22-12-13-22;1-10-7-8-11(14-12(10)9-15)5-3-4-6-13(16)17-2;;;;1-7-10(6)11(8(2)3)9(4)5/h3-4,7-8,10-11,14,17-18,24,29-30,33-34,38,40-42,44-45H,2,5-6,9,12-13,15-16,19-21H2,1H3,(H,37,43);4-5,8-9,11-12,15,18-19,23,32H,3,6-7,10,13-14,16-17,20H2,1-2H3;3-4,7-8,10-11,14,17-18,22,31H,2,5-6,9,12-13,15-16,19H2,1H3,(H,33,34);7-9H,3-6H2,1-2H3;3*1H4;/t29-,30+,33+,34+;;;;;;;/m0......./s1. The number of aliphatic hydroxyl groups is 5. The number of carbonyl (C=O) groups is 5. The molecule has 6 saturated carbocycles. The van der Waals surface area contributed by atoms with Gasteiger partial charge in [-0.3, -0.25) is 53.9 Å². The summed E-state index contributed by atoms with van der Waals surface area (Å²) in [6, 6.07) is 47.6. The third-order valence-electron chi connectivity index (χ3n) is 27.2. The molecule has 4 atom stereocenters. The second-order valence-corrected chi connectivity index (χ2v) is 38.8. The lowest BCUT2D eigenvalue weighted by atomic mass is 8.56. The predicted octanol–water partition coefficient (Wildman–Crippen LogP) is 13.1. The number of pyridine rings is 7. The van der Waals surface area contributed by atoms with Crippen molar-refractivity contribution < 1.29 is 78.3 Å². The number of ether oxygens (including phenoxy) is 5. The number of esters is 2.